The number of nitrogens with two attached hydrogens (primary N) is 1. The van der Waals surface area contributed by atoms with Crippen LogP contribution >= 0.6 is 34.2 Å². The van der Waals surface area contributed by atoms with Crippen molar-refractivity contribution in [2.75, 3.05) is 12.3 Å². The molecule has 5 nitrogen and oxygen atoms in total. The normalized spacial score (nSPS) is 11.8. The molecule has 29 heavy (non-hydrogen) atoms. The molecule has 0 saturated heterocycles. The smallest absolute Gasteiger partial charge is 0.220 e. The molecule has 0 amide bonds. The van der Waals surface area contributed by atoms with E-state index < -0.39 is 8.07 Å². The van der Waals surface area contributed by atoms with Crippen molar-refractivity contribution in [3.8, 4) is 22.6 Å². The minimum Gasteiger partial charge on any atom is -0.368 e. The second-order valence-corrected chi connectivity index (χ2v) is 15.5. The van der Waals surface area contributed by atoms with Crippen LogP contribution in [0.4, 0.5) is 5.95 Å². The van der Waals surface area contributed by atoms with Gasteiger partial charge in [-0.1, -0.05) is 37.3 Å². The number of nitrogens with zero attached hydrogens (tertiary/aromatic N) is 3. The number of aryl methyl sites for hydroxylation is 1. The van der Waals surface area contributed by atoms with Crippen LogP contribution in [0.5, 0.6) is 0 Å². The summed E-state index contributed by atoms with van der Waals surface area (Å²) in [6.07, 6.45) is 1.74. The van der Waals surface area contributed by atoms with Crippen LogP contribution in [0, 0.1) is 10.5 Å². The first-order chi connectivity index (χ1) is 13.7. The van der Waals surface area contributed by atoms with E-state index in [9.17, 15) is 0 Å². The molecule has 1 aromatic carbocycles. The van der Waals surface area contributed by atoms with Crippen molar-refractivity contribution in [1.29, 1.82) is 0 Å². The summed E-state index contributed by atoms with van der Waals surface area (Å²) in [5.41, 5.74) is 10.9. The maximum Gasteiger partial charge on any atom is 0.220 e. The molecule has 154 valence electrons. The third kappa shape index (κ3) is 5.59. The zero-order valence-corrected chi connectivity index (χ0v) is 21.1. The largest absolute Gasteiger partial charge is 0.368 e. The zero-order chi connectivity index (χ0) is 21.2. The fourth-order valence-electron chi connectivity index (χ4n) is 3.01. The molecule has 0 unspecified atom stereocenters. The average molecular weight is 541 g/mol. The predicted molar refractivity (Wildman–Crippen MR) is 132 cm³/mol. The number of hydrogen-bond donors (Lipinski definition) is 1. The van der Waals surface area contributed by atoms with Crippen LogP contribution in [0.1, 0.15) is 5.56 Å². The molecule has 2 heterocycles. The number of hydrogen-bond acceptors (Lipinski definition) is 4. The van der Waals surface area contributed by atoms with Gasteiger partial charge in [-0.05, 0) is 65.4 Å². The van der Waals surface area contributed by atoms with Crippen molar-refractivity contribution in [2.45, 2.75) is 39.3 Å². The van der Waals surface area contributed by atoms with Crippen LogP contribution in [0.15, 0.2) is 36.5 Å². The molecular weight excluding hydrogens is 515 g/mol. The summed E-state index contributed by atoms with van der Waals surface area (Å²) in [6, 6.07) is 11.2. The standard InChI is InChI=1S/C21H26ClIN4OSi/c1-14-5-6-15(22)11-16(14)18-7-8-19(20-17(23)12-25-21(24)26-20)27(18)13-28-9-10-29(2,3)4/h5-8,11-12H,9-10,13H2,1-4H3,(H2,24,25,26). The van der Waals surface area contributed by atoms with Crippen LogP contribution in [-0.4, -0.2) is 29.2 Å². The molecule has 0 aliphatic carbocycles. The first kappa shape index (κ1) is 22.3. The molecule has 0 fully saturated rings. The third-order valence-electron chi connectivity index (χ3n) is 4.68. The van der Waals surface area contributed by atoms with E-state index in [-0.39, 0.29) is 5.95 Å². The molecule has 3 aromatic rings. The Bertz CT molecular complexity index is 947. The van der Waals surface area contributed by atoms with E-state index in [2.05, 4.69) is 75.8 Å². The fraction of sp³-hybridized carbons (Fsp3) is 0.333. The number of ether oxygens (including phenoxy) is 1. The van der Waals surface area contributed by atoms with Crippen molar-refractivity contribution in [1.82, 2.24) is 14.5 Å². The van der Waals surface area contributed by atoms with Gasteiger partial charge < -0.3 is 15.0 Å². The van der Waals surface area contributed by atoms with E-state index in [0.29, 0.717) is 11.8 Å². The number of anilines is 1. The predicted octanol–water partition coefficient (Wildman–Crippen LogP) is 6.07. The summed E-state index contributed by atoms with van der Waals surface area (Å²) in [5.74, 6) is 0.258. The van der Waals surface area contributed by atoms with Gasteiger partial charge >= 0.3 is 0 Å². The van der Waals surface area contributed by atoms with Gasteiger partial charge in [-0.15, -0.1) is 0 Å². The minimum atomic E-state index is -1.16. The maximum absolute atomic E-state index is 6.29. The molecule has 0 aliphatic heterocycles. The quantitative estimate of drug-likeness (QED) is 0.224. The van der Waals surface area contributed by atoms with E-state index in [1.807, 2.05) is 18.2 Å². The first-order valence-electron chi connectivity index (χ1n) is 9.48. The molecule has 0 aliphatic rings. The van der Waals surface area contributed by atoms with E-state index in [1.54, 1.807) is 6.20 Å². The monoisotopic (exact) mass is 540 g/mol. The summed E-state index contributed by atoms with van der Waals surface area (Å²) in [6.45, 7) is 10.3. The van der Waals surface area contributed by atoms with Crippen molar-refractivity contribution in [3.05, 3.63) is 50.7 Å². The van der Waals surface area contributed by atoms with Gasteiger partial charge in [-0.3, -0.25) is 0 Å². The second-order valence-electron chi connectivity index (χ2n) is 8.26. The number of aromatic nitrogens is 3. The van der Waals surface area contributed by atoms with Crippen LogP contribution in [0.3, 0.4) is 0 Å². The highest BCUT2D eigenvalue weighted by molar-refractivity contribution is 14.1. The molecule has 3 rings (SSSR count). The Morgan fingerprint density at radius 2 is 1.90 bits per heavy atom. The van der Waals surface area contributed by atoms with Crippen LogP contribution in [0.2, 0.25) is 30.7 Å². The molecule has 8 heteroatoms. The van der Waals surface area contributed by atoms with Crippen molar-refractivity contribution < 1.29 is 4.74 Å². The van der Waals surface area contributed by atoms with Crippen molar-refractivity contribution in [3.63, 3.8) is 0 Å². The average Bonchev–Trinajstić information content (AvgIpc) is 3.05. The van der Waals surface area contributed by atoms with E-state index in [1.165, 1.54) is 0 Å². The first-order valence-corrected chi connectivity index (χ1v) is 14.6. The van der Waals surface area contributed by atoms with Gasteiger partial charge in [-0.25, -0.2) is 9.97 Å². The lowest BCUT2D eigenvalue weighted by atomic mass is 10.1. The number of nitrogen functional groups attached to an aromatic ring is 1. The SMILES string of the molecule is Cc1ccc(Cl)cc1-c1ccc(-c2nc(N)ncc2I)n1COCC[Si](C)(C)C. The Hall–Kier alpha value is -1.42. The Morgan fingerprint density at radius 1 is 1.17 bits per heavy atom. The highest BCUT2D eigenvalue weighted by atomic mass is 127. The second kappa shape index (κ2) is 9.16. The number of halogens is 2. The minimum absolute atomic E-state index is 0.258. The molecule has 0 spiro atoms. The Kier molecular flexibility index (Phi) is 7.03. The molecule has 0 atom stereocenters. The summed E-state index contributed by atoms with van der Waals surface area (Å²) in [4.78, 5) is 8.58. The van der Waals surface area contributed by atoms with E-state index >= 15 is 0 Å². The lowest BCUT2D eigenvalue weighted by molar-refractivity contribution is 0.0895. The Labute approximate surface area is 191 Å². The van der Waals surface area contributed by atoms with Gasteiger partial charge in [0.25, 0.3) is 0 Å². The fourth-order valence-corrected chi connectivity index (χ4v) is 4.48. The van der Waals surface area contributed by atoms with Gasteiger partial charge in [0.05, 0.1) is 15.0 Å². The van der Waals surface area contributed by atoms with Crippen LogP contribution in [0.25, 0.3) is 22.6 Å². The third-order valence-corrected chi connectivity index (χ3v) is 7.41. The summed E-state index contributed by atoms with van der Waals surface area (Å²) < 4.78 is 9.19. The van der Waals surface area contributed by atoms with Crippen LogP contribution < -0.4 is 5.73 Å². The highest BCUT2D eigenvalue weighted by Crippen LogP contribution is 2.33. The molecule has 2 aromatic heterocycles. The maximum atomic E-state index is 6.29. The zero-order valence-electron chi connectivity index (χ0n) is 17.2. The highest BCUT2D eigenvalue weighted by Gasteiger charge is 2.18. The van der Waals surface area contributed by atoms with E-state index in [4.69, 9.17) is 22.1 Å². The lowest BCUT2D eigenvalue weighted by Gasteiger charge is -2.18. The van der Waals surface area contributed by atoms with Gasteiger partial charge in [-0.2, -0.15) is 0 Å². The number of benzene rings is 1. The molecular formula is C21H26ClIN4OSi. The van der Waals surface area contributed by atoms with Crippen LogP contribution in [-0.2, 0) is 11.5 Å². The summed E-state index contributed by atoms with van der Waals surface area (Å²) in [7, 11) is -1.16. The lowest BCUT2D eigenvalue weighted by Crippen LogP contribution is -2.22. The van der Waals surface area contributed by atoms with Crippen molar-refractivity contribution in [2.24, 2.45) is 0 Å². The topological polar surface area (TPSA) is 66.0 Å². The summed E-state index contributed by atoms with van der Waals surface area (Å²) >= 11 is 8.53. The molecule has 0 bridgehead atoms. The van der Waals surface area contributed by atoms with Gasteiger partial charge in [0.1, 0.15) is 12.4 Å². The van der Waals surface area contributed by atoms with Gasteiger partial charge in [0.15, 0.2) is 0 Å². The summed E-state index contributed by atoms with van der Waals surface area (Å²) in [5, 5.41) is 0.709. The Morgan fingerprint density at radius 3 is 2.62 bits per heavy atom. The molecule has 0 radical (unpaired) electrons. The van der Waals surface area contributed by atoms with Gasteiger partial charge in [0, 0.05) is 31.5 Å². The van der Waals surface area contributed by atoms with Crippen molar-refractivity contribution >= 4 is 48.2 Å². The van der Waals surface area contributed by atoms with E-state index in [0.717, 1.165) is 44.4 Å². The Balaban J connectivity index is 2.04. The van der Waals surface area contributed by atoms with Gasteiger partial charge in [0.2, 0.25) is 5.95 Å². The molecule has 0 saturated carbocycles. The molecule has 2 N–H and O–H groups in total. The number of rotatable bonds is 7.